The third kappa shape index (κ3) is 4.37. The van der Waals surface area contributed by atoms with Crippen LogP contribution in [-0.2, 0) is 9.53 Å². The van der Waals surface area contributed by atoms with Gasteiger partial charge in [0.15, 0.2) is 0 Å². The zero-order chi connectivity index (χ0) is 18.6. The molecule has 0 aromatic carbocycles. The van der Waals surface area contributed by atoms with E-state index in [2.05, 4.69) is 26.9 Å². The molecule has 0 bridgehead atoms. The lowest BCUT2D eigenvalue weighted by Crippen LogP contribution is -2.51. The van der Waals surface area contributed by atoms with Crippen molar-refractivity contribution in [2.75, 3.05) is 59.0 Å². The lowest BCUT2D eigenvalue weighted by Gasteiger charge is -2.37. The number of morpholine rings is 1. The molecular formula is C18H25N5O3S. The molecule has 2 aromatic rings. The number of rotatable bonds is 5. The molecule has 2 aliphatic rings. The van der Waals surface area contributed by atoms with Gasteiger partial charge < -0.3 is 14.1 Å². The second kappa shape index (κ2) is 8.47. The fourth-order valence-electron chi connectivity index (χ4n) is 3.47. The molecule has 0 saturated carbocycles. The average molecular weight is 391 g/mol. The molecule has 27 heavy (non-hydrogen) atoms. The average Bonchev–Trinajstić information content (AvgIpc) is 3.40. The summed E-state index contributed by atoms with van der Waals surface area (Å²) in [5.41, 5.74) is 0. The molecule has 8 nitrogen and oxygen atoms in total. The first-order valence-corrected chi connectivity index (χ1v) is 10.3. The van der Waals surface area contributed by atoms with Crippen molar-refractivity contribution in [3.05, 3.63) is 23.4 Å². The molecule has 4 rings (SSSR count). The zero-order valence-electron chi connectivity index (χ0n) is 15.5. The Kier molecular flexibility index (Phi) is 5.82. The van der Waals surface area contributed by atoms with Gasteiger partial charge in [-0.25, -0.2) is 0 Å². The van der Waals surface area contributed by atoms with Crippen molar-refractivity contribution in [3.63, 3.8) is 0 Å². The lowest BCUT2D eigenvalue weighted by molar-refractivity contribution is -0.137. The first-order chi connectivity index (χ1) is 13.2. The maximum Gasteiger partial charge on any atom is 0.257 e. The van der Waals surface area contributed by atoms with Crippen molar-refractivity contribution in [1.29, 1.82) is 0 Å². The van der Waals surface area contributed by atoms with Crippen molar-refractivity contribution in [3.8, 4) is 10.8 Å². The summed E-state index contributed by atoms with van der Waals surface area (Å²) in [4.78, 5) is 19.9. The number of carbonyl (C=O) groups excluding carboxylic acids is 1. The summed E-state index contributed by atoms with van der Waals surface area (Å²) < 4.78 is 11.2. The topological polar surface area (TPSA) is 74.9 Å². The van der Waals surface area contributed by atoms with Crippen LogP contribution in [0.1, 0.15) is 18.9 Å². The van der Waals surface area contributed by atoms with Crippen LogP contribution in [0.5, 0.6) is 0 Å². The number of aromatic nitrogens is 2. The van der Waals surface area contributed by atoms with Gasteiger partial charge in [-0.05, 0) is 18.4 Å². The van der Waals surface area contributed by atoms with Crippen molar-refractivity contribution < 1.29 is 13.9 Å². The van der Waals surface area contributed by atoms with Crippen LogP contribution in [0, 0.1) is 0 Å². The quantitative estimate of drug-likeness (QED) is 0.761. The number of ether oxygens (including phenoxy) is 1. The van der Waals surface area contributed by atoms with Gasteiger partial charge in [0.25, 0.3) is 5.89 Å². The van der Waals surface area contributed by atoms with Crippen LogP contribution in [0.4, 0.5) is 0 Å². The minimum Gasteiger partial charge on any atom is -0.418 e. The highest BCUT2D eigenvalue weighted by Crippen LogP contribution is 2.27. The van der Waals surface area contributed by atoms with Gasteiger partial charge in [-0.1, -0.05) is 6.07 Å². The summed E-state index contributed by atoms with van der Waals surface area (Å²) in [5, 5.41) is 10.4. The summed E-state index contributed by atoms with van der Waals surface area (Å²) in [6.45, 7) is 8.80. The van der Waals surface area contributed by atoms with E-state index < -0.39 is 0 Å². The number of carbonyl (C=O) groups is 1. The van der Waals surface area contributed by atoms with Crippen molar-refractivity contribution in [2.45, 2.75) is 13.0 Å². The lowest BCUT2D eigenvalue weighted by atomic mass is 10.2. The van der Waals surface area contributed by atoms with Crippen LogP contribution >= 0.6 is 11.3 Å². The first-order valence-electron chi connectivity index (χ1n) is 9.40. The third-order valence-corrected chi connectivity index (χ3v) is 6.07. The first kappa shape index (κ1) is 18.5. The smallest absolute Gasteiger partial charge is 0.257 e. The maximum absolute atomic E-state index is 12.4. The molecular weight excluding hydrogens is 366 g/mol. The van der Waals surface area contributed by atoms with E-state index >= 15 is 0 Å². The Morgan fingerprint density at radius 1 is 1.19 bits per heavy atom. The molecule has 0 radical (unpaired) electrons. The van der Waals surface area contributed by atoms with Crippen LogP contribution < -0.4 is 0 Å². The van der Waals surface area contributed by atoms with E-state index in [0.717, 1.165) is 31.1 Å². The predicted molar refractivity (Wildman–Crippen MR) is 101 cm³/mol. The molecule has 146 valence electrons. The monoisotopic (exact) mass is 391 g/mol. The Hall–Kier alpha value is -1.81. The van der Waals surface area contributed by atoms with Crippen LogP contribution in [0.2, 0.25) is 0 Å². The summed E-state index contributed by atoms with van der Waals surface area (Å²) >= 11 is 1.59. The van der Waals surface area contributed by atoms with E-state index in [1.165, 1.54) is 0 Å². The highest BCUT2D eigenvalue weighted by Gasteiger charge is 2.27. The standard InChI is InChI=1S/C18H25N5O3S/c1-14(17-19-20-18(26-17)15-3-2-12-27-15)22-6-4-21(5-7-22)13-16(24)23-8-10-25-11-9-23/h2-3,12,14H,4-11,13H2,1H3/t14-/m0/s1. The van der Waals surface area contributed by atoms with Crippen LogP contribution in [-0.4, -0.2) is 89.8 Å². The fraction of sp³-hybridized carbons (Fsp3) is 0.611. The highest BCUT2D eigenvalue weighted by atomic mass is 32.1. The van der Waals surface area contributed by atoms with Crippen molar-refractivity contribution >= 4 is 17.2 Å². The maximum atomic E-state index is 12.4. The van der Waals surface area contributed by atoms with Crippen molar-refractivity contribution in [1.82, 2.24) is 24.9 Å². The molecule has 1 amide bonds. The summed E-state index contributed by atoms with van der Waals surface area (Å²) in [5.74, 6) is 1.44. The number of piperazine rings is 1. The molecule has 4 heterocycles. The molecule has 0 aliphatic carbocycles. The normalized spacial score (nSPS) is 20.7. The molecule has 2 aliphatic heterocycles. The Labute approximate surface area is 162 Å². The molecule has 0 unspecified atom stereocenters. The van der Waals surface area contributed by atoms with Gasteiger partial charge in [0.05, 0.1) is 30.7 Å². The van der Waals surface area contributed by atoms with Gasteiger partial charge >= 0.3 is 0 Å². The number of nitrogens with zero attached hydrogens (tertiary/aromatic N) is 5. The Balaban J connectivity index is 1.28. The molecule has 2 fully saturated rings. The second-order valence-corrected chi connectivity index (χ2v) is 7.85. The molecule has 1 atom stereocenters. The van der Waals surface area contributed by atoms with Crippen LogP contribution in [0.3, 0.4) is 0 Å². The van der Waals surface area contributed by atoms with Gasteiger partial charge in [0.2, 0.25) is 11.8 Å². The van der Waals surface area contributed by atoms with E-state index in [9.17, 15) is 4.79 Å². The number of hydrogen-bond acceptors (Lipinski definition) is 8. The molecule has 0 spiro atoms. The summed E-state index contributed by atoms with van der Waals surface area (Å²) in [6.07, 6.45) is 0. The number of amides is 1. The Morgan fingerprint density at radius 3 is 2.67 bits per heavy atom. The van der Waals surface area contributed by atoms with Gasteiger partial charge in [0.1, 0.15) is 0 Å². The number of hydrogen-bond donors (Lipinski definition) is 0. The largest absolute Gasteiger partial charge is 0.418 e. The summed E-state index contributed by atoms with van der Waals surface area (Å²) in [6, 6.07) is 4.03. The third-order valence-electron chi connectivity index (χ3n) is 5.21. The molecule has 9 heteroatoms. The zero-order valence-corrected chi connectivity index (χ0v) is 16.4. The van der Waals surface area contributed by atoms with Gasteiger partial charge in [-0.15, -0.1) is 21.5 Å². The van der Waals surface area contributed by atoms with E-state index in [4.69, 9.17) is 9.15 Å². The van der Waals surface area contributed by atoms with E-state index in [0.29, 0.717) is 44.6 Å². The SMILES string of the molecule is C[C@@H](c1nnc(-c2cccs2)o1)N1CCN(CC(=O)N2CCOCC2)CC1. The number of thiophene rings is 1. The molecule has 2 saturated heterocycles. The van der Waals surface area contributed by atoms with Gasteiger partial charge in [-0.3, -0.25) is 14.6 Å². The van der Waals surface area contributed by atoms with E-state index in [1.807, 2.05) is 22.4 Å². The van der Waals surface area contributed by atoms with Gasteiger partial charge in [0, 0.05) is 39.3 Å². The molecule has 2 aromatic heterocycles. The highest BCUT2D eigenvalue weighted by molar-refractivity contribution is 7.13. The predicted octanol–water partition coefficient (Wildman–Crippen LogP) is 1.34. The molecule has 0 N–H and O–H groups in total. The Bertz CT molecular complexity index is 736. The van der Waals surface area contributed by atoms with Gasteiger partial charge in [-0.2, -0.15) is 0 Å². The van der Waals surface area contributed by atoms with Crippen LogP contribution in [0.25, 0.3) is 10.8 Å². The Morgan fingerprint density at radius 2 is 1.96 bits per heavy atom. The van der Waals surface area contributed by atoms with E-state index in [1.54, 1.807) is 11.3 Å². The fourth-order valence-corrected chi connectivity index (χ4v) is 4.12. The van der Waals surface area contributed by atoms with E-state index in [-0.39, 0.29) is 11.9 Å². The minimum atomic E-state index is 0.0725. The minimum absolute atomic E-state index is 0.0725. The second-order valence-electron chi connectivity index (χ2n) is 6.90. The van der Waals surface area contributed by atoms with Crippen molar-refractivity contribution in [2.24, 2.45) is 0 Å². The summed E-state index contributed by atoms with van der Waals surface area (Å²) in [7, 11) is 0. The van der Waals surface area contributed by atoms with Crippen LogP contribution in [0.15, 0.2) is 21.9 Å².